The number of hydrogen-bond acceptors (Lipinski definition) is 6. The van der Waals surface area contributed by atoms with E-state index in [4.69, 9.17) is 24.7 Å². The number of rotatable bonds is 5. The molecule has 0 spiro atoms. The second-order valence-corrected chi connectivity index (χ2v) is 8.73. The highest BCUT2D eigenvalue weighted by Crippen LogP contribution is 2.31. The number of aliphatic carboxylic acids is 1. The topological polar surface area (TPSA) is 92.9 Å². The fourth-order valence-corrected chi connectivity index (χ4v) is 4.27. The van der Waals surface area contributed by atoms with Gasteiger partial charge in [0.25, 0.3) is 0 Å². The van der Waals surface area contributed by atoms with Crippen molar-refractivity contribution in [2.45, 2.75) is 31.5 Å². The Labute approximate surface area is 215 Å². The first-order valence-corrected chi connectivity index (χ1v) is 11.8. The van der Waals surface area contributed by atoms with Crippen LogP contribution in [0.15, 0.2) is 60.9 Å². The third-order valence-corrected chi connectivity index (χ3v) is 6.04. The number of halogens is 4. The zero-order valence-corrected chi connectivity index (χ0v) is 20.4. The van der Waals surface area contributed by atoms with Crippen molar-refractivity contribution in [3.8, 4) is 16.9 Å². The largest absolute Gasteiger partial charge is 0.496 e. The molecular weight excluding hydrogens is 506 g/mol. The lowest BCUT2D eigenvalue weighted by atomic mass is 9.97. The van der Waals surface area contributed by atoms with Crippen molar-refractivity contribution < 1.29 is 32.2 Å². The number of hydrogen-bond donors (Lipinski definition) is 1. The Bertz CT molecular complexity index is 1390. The van der Waals surface area contributed by atoms with E-state index in [0.717, 1.165) is 55.2 Å². The minimum atomic E-state index is -5.08. The minimum absolute atomic E-state index is 0.282. The number of fused-ring (bicyclic) bond motifs is 1. The molecule has 5 rings (SSSR count). The zero-order chi connectivity index (χ0) is 27.3. The Kier molecular flexibility index (Phi) is 8.20. The van der Waals surface area contributed by atoms with E-state index < -0.39 is 12.1 Å². The third-order valence-electron chi connectivity index (χ3n) is 6.04. The number of nitrogens with zero attached hydrogens (tertiary/aromatic N) is 5. The van der Waals surface area contributed by atoms with Gasteiger partial charge in [0.05, 0.1) is 12.8 Å². The van der Waals surface area contributed by atoms with Crippen molar-refractivity contribution in [1.29, 1.82) is 0 Å². The third kappa shape index (κ3) is 6.62. The number of likely N-dealkylation sites (tertiary alicyclic amines) is 1. The Morgan fingerprint density at radius 3 is 2.66 bits per heavy atom. The molecule has 1 atom stereocenters. The van der Waals surface area contributed by atoms with Gasteiger partial charge in [-0.1, -0.05) is 6.07 Å². The molecule has 0 amide bonds. The van der Waals surface area contributed by atoms with Gasteiger partial charge >= 0.3 is 12.1 Å². The summed E-state index contributed by atoms with van der Waals surface area (Å²) in [6.45, 7) is 2.82. The molecular formula is C26H25F4N5O3. The van der Waals surface area contributed by atoms with Crippen molar-refractivity contribution >= 4 is 11.6 Å². The molecule has 0 bridgehead atoms. The van der Waals surface area contributed by atoms with E-state index in [1.165, 1.54) is 12.1 Å². The van der Waals surface area contributed by atoms with E-state index in [9.17, 15) is 17.6 Å². The minimum Gasteiger partial charge on any atom is -0.496 e. The molecule has 1 fully saturated rings. The van der Waals surface area contributed by atoms with Crippen LogP contribution in [0.5, 0.6) is 5.75 Å². The number of carboxylic acid groups (broad SMARTS) is 1. The van der Waals surface area contributed by atoms with Crippen LogP contribution in [0.3, 0.4) is 0 Å². The maximum atomic E-state index is 13.8. The summed E-state index contributed by atoms with van der Waals surface area (Å²) in [6, 6.07) is 14.4. The molecule has 1 N–H and O–H groups in total. The van der Waals surface area contributed by atoms with Crippen LogP contribution >= 0.6 is 0 Å². The Morgan fingerprint density at radius 2 is 1.97 bits per heavy atom. The van der Waals surface area contributed by atoms with E-state index in [0.29, 0.717) is 11.3 Å². The zero-order valence-electron chi connectivity index (χ0n) is 20.4. The molecule has 1 unspecified atom stereocenters. The van der Waals surface area contributed by atoms with Crippen LogP contribution in [0, 0.1) is 5.82 Å². The summed E-state index contributed by atoms with van der Waals surface area (Å²) < 4.78 is 52.7. The van der Waals surface area contributed by atoms with E-state index in [1.54, 1.807) is 17.7 Å². The standard InChI is InChI=1S/C24H24FN5O.C2HF3O2/c1-31-22-9-8-19(25)13-21(22)17-7-10-23-27-24(28-30(23)15-17)18-5-4-12-29(14-18)16-20-6-2-3-11-26-20;3-2(4,5)1(6)7/h2-3,6-11,13,15,18H,4-5,12,14,16H2,1H3;(H,6,7). The Hall–Kier alpha value is -4.06. The van der Waals surface area contributed by atoms with E-state index >= 15 is 0 Å². The first-order chi connectivity index (χ1) is 18.1. The maximum Gasteiger partial charge on any atom is 0.490 e. The molecule has 0 aliphatic carbocycles. The number of benzene rings is 1. The summed E-state index contributed by atoms with van der Waals surface area (Å²) >= 11 is 0. The highest BCUT2D eigenvalue weighted by Gasteiger charge is 2.38. The van der Waals surface area contributed by atoms with Crippen LogP contribution in [0.1, 0.15) is 30.3 Å². The van der Waals surface area contributed by atoms with Gasteiger partial charge in [-0.3, -0.25) is 9.88 Å². The highest BCUT2D eigenvalue weighted by molar-refractivity contribution is 5.73. The van der Waals surface area contributed by atoms with Crippen LogP contribution in [0.2, 0.25) is 0 Å². The quantitative estimate of drug-likeness (QED) is 0.364. The van der Waals surface area contributed by atoms with Crippen molar-refractivity contribution in [2.24, 2.45) is 0 Å². The van der Waals surface area contributed by atoms with Crippen LogP contribution in [0.4, 0.5) is 17.6 Å². The normalized spacial score (nSPS) is 16.1. The van der Waals surface area contributed by atoms with Crippen molar-refractivity contribution in [3.05, 3.63) is 78.3 Å². The highest BCUT2D eigenvalue weighted by atomic mass is 19.4. The smallest absolute Gasteiger partial charge is 0.490 e. The van der Waals surface area contributed by atoms with Gasteiger partial charge in [0.15, 0.2) is 11.5 Å². The second kappa shape index (κ2) is 11.5. The van der Waals surface area contributed by atoms with Gasteiger partial charge in [-0.2, -0.15) is 18.3 Å². The molecule has 3 aromatic heterocycles. The lowest BCUT2D eigenvalue weighted by molar-refractivity contribution is -0.192. The summed E-state index contributed by atoms with van der Waals surface area (Å²) in [5.41, 5.74) is 3.40. The lowest BCUT2D eigenvalue weighted by Gasteiger charge is -2.31. The first kappa shape index (κ1) is 27.0. The summed E-state index contributed by atoms with van der Waals surface area (Å²) in [4.78, 5) is 20.5. The SMILES string of the molecule is COc1ccc(F)cc1-c1ccc2nc(C3CCCN(Cc4ccccn4)C3)nn2c1.O=C(O)C(F)(F)F. The number of piperidine rings is 1. The molecule has 4 aromatic rings. The molecule has 38 heavy (non-hydrogen) atoms. The van der Waals surface area contributed by atoms with Crippen molar-refractivity contribution in [1.82, 2.24) is 24.5 Å². The Balaban J connectivity index is 0.000000426. The summed E-state index contributed by atoms with van der Waals surface area (Å²) in [7, 11) is 1.59. The number of aromatic nitrogens is 4. The van der Waals surface area contributed by atoms with Gasteiger partial charge in [0.2, 0.25) is 0 Å². The van der Waals surface area contributed by atoms with E-state index in [2.05, 4.69) is 16.0 Å². The van der Waals surface area contributed by atoms with Gasteiger partial charge in [-0.15, -0.1) is 0 Å². The molecule has 0 radical (unpaired) electrons. The number of ether oxygens (including phenoxy) is 1. The van der Waals surface area contributed by atoms with Crippen molar-refractivity contribution in [3.63, 3.8) is 0 Å². The number of carboxylic acids is 1. The van der Waals surface area contributed by atoms with Crippen LogP contribution in [-0.2, 0) is 11.3 Å². The van der Waals surface area contributed by atoms with E-state index in [1.807, 2.05) is 36.7 Å². The van der Waals surface area contributed by atoms with Gasteiger partial charge in [0, 0.05) is 42.5 Å². The van der Waals surface area contributed by atoms with Gasteiger partial charge in [0.1, 0.15) is 11.6 Å². The average molecular weight is 532 g/mol. The summed E-state index contributed by atoms with van der Waals surface area (Å²) in [6.07, 6.45) is 0.822. The molecule has 12 heteroatoms. The van der Waals surface area contributed by atoms with Gasteiger partial charge in [-0.05, 0) is 61.9 Å². The van der Waals surface area contributed by atoms with E-state index in [-0.39, 0.29) is 11.7 Å². The fraction of sp³-hybridized carbons (Fsp3) is 0.308. The average Bonchev–Trinajstić information content (AvgIpc) is 3.33. The van der Waals surface area contributed by atoms with Gasteiger partial charge in [-0.25, -0.2) is 18.7 Å². The molecule has 1 saturated heterocycles. The van der Waals surface area contributed by atoms with Crippen LogP contribution in [-0.4, -0.2) is 61.9 Å². The van der Waals surface area contributed by atoms with Crippen molar-refractivity contribution in [2.75, 3.05) is 20.2 Å². The number of methoxy groups -OCH3 is 1. The fourth-order valence-electron chi connectivity index (χ4n) is 4.27. The Morgan fingerprint density at radius 1 is 1.18 bits per heavy atom. The molecule has 8 nitrogen and oxygen atoms in total. The molecule has 1 aliphatic rings. The molecule has 0 saturated carbocycles. The maximum absolute atomic E-state index is 13.8. The summed E-state index contributed by atoms with van der Waals surface area (Å²) in [5, 5.41) is 11.9. The van der Waals surface area contributed by atoms with Gasteiger partial charge < -0.3 is 9.84 Å². The first-order valence-electron chi connectivity index (χ1n) is 11.8. The molecule has 1 aromatic carbocycles. The predicted octanol–water partition coefficient (Wildman–Crippen LogP) is 4.95. The number of alkyl halides is 3. The molecule has 4 heterocycles. The molecule has 1 aliphatic heterocycles. The lowest BCUT2D eigenvalue weighted by Crippen LogP contribution is -2.34. The predicted molar refractivity (Wildman–Crippen MR) is 130 cm³/mol. The number of pyridine rings is 2. The van der Waals surface area contributed by atoms with Crippen LogP contribution < -0.4 is 4.74 Å². The summed E-state index contributed by atoms with van der Waals surface area (Å²) in [5.74, 6) is -1.30. The molecule has 200 valence electrons. The van der Waals surface area contributed by atoms with Crippen LogP contribution in [0.25, 0.3) is 16.8 Å². The number of carbonyl (C=O) groups is 1. The monoisotopic (exact) mass is 531 g/mol. The second-order valence-electron chi connectivity index (χ2n) is 8.73.